The summed E-state index contributed by atoms with van der Waals surface area (Å²) in [7, 11) is -3.72. The number of fused-ring (bicyclic) bond motifs is 1. The third-order valence-electron chi connectivity index (χ3n) is 4.47. The molecular weight excluding hydrogens is 505 g/mol. The molecule has 0 amide bonds. The van der Waals surface area contributed by atoms with Crippen LogP contribution in [0, 0.1) is 0 Å². The van der Waals surface area contributed by atoms with Gasteiger partial charge in [-0.25, -0.2) is 32.3 Å². The zero-order valence-corrected chi connectivity index (χ0v) is 19.8. The molecule has 3 aromatic heterocycles. The minimum atomic E-state index is -3.72. The van der Waals surface area contributed by atoms with E-state index in [9.17, 15) is 8.42 Å². The summed E-state index contributed by atoms with van der Waals surface area (Å²) < 4.78 is 27.4. The number of aromatic nitrogens is 5. The highest BCUT2D eigenvalue weighted by molar-refractivity contribution is 7.90. The molecule has 0 atom stereocenters. The van der Waals surface area contributed by atoms with E-state index in [4.69, 9.17) is 34.8 Å². The predicted octanol–water partition coefficient (Wildman–Crippen LogP) is 5.77. The molecule has 0 bridgehead atoms. The van der Waals surface area contributed by atoms with E-state index in [-0.39, 0.29) is 15.5 Å². The van der Waals surface area contributed by atoms with E-state index >= 15 is 0 Å². The van der Waals surface area contributed by atoms with Gasteiger partial charge in [0.15, 0.2) is 0 Å². The smallest absolute Gasteiger partial charge is 0.240 e. The molecule has 0 aliphatic rings. The van der Waals surface area contributed by atoms with Gasteiger partial charge in [0.1, 0.15) is 5.15 Å². The standard InChI is InChI=1S/C18H12ClN3O2S.C4H2Cl2N2/c19-18-20-11-10-16(21-18)15-12-22(17-9-5-4-8-14(15)17)25(23,24)13-6-2-1-3-7-13;5-3-1-2-7-4(6)8-3/h1-12H;1-2H. The van der Waals surface area contributed by atoms with Crippen LogP contribution in [0.4, 0.5) is 0 Å². The molecule has 0 aliphatic carbocycles. The molecule has 5 aromatic rings. The minimum Gasteiger partial charge on any atom is -0.240 e. The van der Waals surface area contributed by atoms with Gasteiger partial charge in [-0.05, 0) is 53.5 Å². The van der Waals surface area contributed by atoms with Crippen molar-refractivity contribution in [2.45, 2.75) is 4.90 Å². The molecule has 0 N–H and O–H groups in total. The van der Waals surface area contributed by atoms with Crippen LogP contribution in [-0.4, -0.2) is 32.3 Å². The van der Waals surface area contributed by atoms with Gasteiger partial charge in [-0.3, -0.25) is 0 Å². The van der Waals surface area contributed by atoms with E-state index in [0.717, 1.165) is 5.39 Å². The van der Waals surface area contributed by atoms with Gasteiger partial charge in [0.05, 0.1) is 16.1 Å². The summed E-state index contributed by atoms with van der Waals surface area (Å²) in [5.41, 5.74) is 1.83. The second-order valence-electron chi connectivity index (χ2n) is 6.53. The average Bonchev–Trinajstić information content (AvgIpc) is 3.21. The van der Waals surface area contributed by atoms with Gasteiger partial charge in [-0.15, -0.1) is 0 Å². The molecule has 0 spiro atoms. The quantitative estimate of drug-likeness (QED) is 0.222. The Morgan fingerprint density at radius 2 is 1.36 bits per heavy atom. The van der Waals surface area contributed by atoms with Crippen molar-refractivity contribution in [1.82, 2.24) is 23.9 Å². The van der Waals surface area contributed by atoms with Gasteiger partial charge in [-0.1, -0.05) is 48.0 Å². The molecule has 0 saturated heterocycles. The molecule has 7 nitrogen and oxygen atoms in total. The fourth-order valence-corrected chi connectivity index (χ4v) is 4.92. The highest BCUT2D eigenvalue weighted by Gasteiger charge is 2.21. The second kappa shape index (κ2) is 9.84. The summed E-state index contributed by atoms with van der Waals surface area (Å²) in [4.78, 5) is 15.5. The SMILES string of the molecule is Clc1ccnc(Cl)n1.O=S(=O)(c1ccccc1)n1cc(-c2ccnc(Cl)n2)c2ccccc21. The summed E-state index contributed by atoms with van der Waals surface area (Å²) >= 11 is 16.6. The number of para-hydroxylation sites is 1. The fourth-order valence-electron chi connectivity index (χ4n) is 3.06. The molecule has 0 fully saturated rings. The van der Waals surface area contributed by atoms with E-state index in [1.54, 1.807) is 67.0 Å². The monoisotopic (exact) mass is 517 g/mol. The van der Waals surface area contributed by atoms with Crippen LogP contribution in [0.2, 0.25) is 15.7 Å². The zero-order chi connectivity index (χ0) is 23.4. The molecular formula is C22H14Cl3N5O2S. The summed E-state index contributed by atoms with van der Waals surface area (Å²) in [5.74, 6) is 0. The van der Waals surface area contributed by atoms with Gasteiger partial charge in [0.25, 0.3) is 10.0 Å². The molecule has 2 aromatic carbocycles. The Balaban J connectivity index is 0.000000275. The van der Waals surface area contributed by atoms with Gasteiger partial charge < -0.3 is 0 Å². The lowest BCUT2D eigenvalue weighted by Crippen LogP contribution is -2.11. The molecule has 5 rings (SSSR count). The van der Waals surface area contributed by atoms with Gasteiger partial charge in [-0.2, -0.15) is 0 Å². The first-order chi connectivity index (χ1) is 15.9. The summed E-state index contributed by atoms with van der Waals surface area (Å²) in [6.07, 6.45) is 4.62. The van der Waals surface area contributed by atoms with Crippen molar-refractivity contribution in [1.29, 1.82) is 0 Å². The molecule has 0 aliphatic heterocycles. The highest BCUT2D eigenvalue weighted by Crippen LogP contribution is 2.32. The maximum atomic E-state index is 13.1. The second-order valence-corrected chi connectivity index (χ2v) is 9.41. The molecule has 33 heavy (non-hydrogen) atoms. The summed E-state index contributed by atoms with van der Waals surface area (Å²) in [6, 6.07) is 18.9. The molecule has 3 heterocycles. The lowest BCUT2D eigenvalue weighted by molar-refractivity contribution is 0.589. The Morgan fingerprint density at radius 3 is 2.00 bits per heavy atom. The van der Waals surface area contributed by atoms with Crippen molar-refractivity contribution in [2.24, 2.45) is 0 Å². The Morgan fingerprint density at radius 1 is 0.727 bits per heavy atom. The maximum absolute atomic E-state index is 13.1. The van der Waals surface area contributed by atoms with Crippen molar-refractivity contribution in [3.8, 4) is 11.3 Å². The third kappa shape index (κ3) is 5.15. The molecule has 11 heteroatoms. The van der Waals surface area contributed by atoms with E-state index < -0.39 is 10.0 Å². The normalized spacial score (nSPS) is 11.1. The van der Waals surface area contributed by atoms with Crippen molar-refractivity contribution in [3.63, 3.8) is 0 Å². The Hall–Kier alpha value is -3.04. The Labute approximate surface area is 204 Å². The van der Waals surface area contributed by atoms with Gasteiger partial charge in [0.2, 0.25) is 10.6 Å². The summed E-state index contributed by atoms with van der Waals surface area (Å²) in [5, 5.41) is 1.43. The van der Waals surface area contributed by atoms with Crippen molar-refractivity contribution < 1.29 is 8.42 Å². The lowest BCUT2D eigenvalue weighted by atomic mass is 10.1. The number of benzene rings is 2. The van der Waals surface area contributed by atoms with Crippen molar-refractivity contribution in [3.05, 3.63) is 101 Å². The van der Waals surface area contributed by atoms with Crippen LogP contribution in [0.15, 0.2) is 90.2 Å². The van der Waals surface area contributed by atoms with Crippen LogP contribution < -0.4 is 0 Å². The van der Waals surface area contributed by atoms with Crippen LogP contribution in [-0.2, 0) is 10.0 Å². The van der Waals surface area contributed by atoms with Crippen LogP contribution in [0.1, 0.15) is 0 Å². The fraction of sp³-hybridized carbons (Fsp3) is 0. The minimum absolute atomic E-state index is 0.111. The highest BCUT2D eigenvalue weighted by atomic mass is 35.5. The zero-order valence-electron chi connectivity index (χ0n) is 16.7. The van der Waals surface area contributed by atoms with E-state index in [1.165, 1.54) is 10.2 Å². The number of halogens is 3. The van der Waals surface area contributed by atoms with Gasteiger partial charge >= 0.3 is 0 Å². The maximum Gasteiger partial charge on any atom is 0.268 e. The van der Waals surface area contributed by atoms with Crippen molar-refractivity contribution >= 4 is 55.7 Å². The number of hydrogen-bond donors (Lipinski definition) is 0. The van der Waals surface area contributed by atoms with E-state index in [2.05, 4.69) is 19.9 Å². The first kappa shape index (κ1) is 23.1. The molecule has 166 valence electrons. The molecule has 0 unspecified atom stereocenters. The molecule has 0 radical (unpaired) electrons. The van der Waals surface area contributed by atoms with Crippen LogP contribution in [0.3, 0.4) is 0 Å². The van der Waals surface area contributed by atoms with E-state index in [1.807, 2.05) is 12.1 Å². The average molecular weight is 519 g/mol. The van der Waals surface area contributed by atoms with Crippen molar-refractivity contribution in [2.75, 3.05) is 0 Å². The van der Waals surface area contributed by atoms with Crippen LogP contribution in [0.5, 0.6) is 0 Å². The first-order valence-electron chi connectivity index (χ1n) is 9.40. The predicted molar refractivity (Wildman–Crippen MR) is 129 cm³/mol. The third-order valence-corrected chi connectivity index (χ3v) is 6.73. The van der Waals surface area contributed by atoms with E-state index in [0.29, 0.717) is 21.9 Å². The Kier molecular flexibility index (Phi) is 6.90. The van der Waals surface area contributed by atoms with Gasteiger partial charge in [0, 0.05) is 29.5 Å². The molecule has 0 saturated carbocycles. The first-order valence-corrected chi connectivity index (χ1v) is 12.0. The topological polar surface area (TPSA) is 90.6 Å². The number of nitrogens with zero attached hydrogens (tertiary/aromatic N) is 5. The number of hydrogen-bond acceptors (Lipinski definition) is 6. The largest absolute Gasteiger partial charge is 0.268 e. The Bertz CT molecular complexity index is 1510. The van der Waals surface area contributed by atoms with Crippen LogP contribution >= 0.6 is 34.8 Å². The van der Waals surface area contributed by atoms with Crippen LogP contribution in [0.25, 0.3) is 22.2 Å². The summed E-state index contributed by atoms with van der Waals surface area (Å²) in [6.45, 7) is 0. The number of rotatable bonds is 3. The lowest BCUT2D eigenvalue weighted by Gasteiger charge is -2.07.